The average molecular weight is 285 g/mol. The van der Waals surface area contributed by atoms with E-state index < -0.39 is 0 Å². The molecule has 0 unspecified atom stereocenters. The molecule has 3 heteroatoms. The monoisotopic (exact) mass is 284 g/mol. The lowest BCUT2D eigenvalue weighted by molar-refractivity contribution is 0.781. The molecule has 3 aromatic rings. The lowest BCUT2D eigenvalue weighted by Crippen LogP contribution is -1.92. The van der Waals surface area contributed by atoms with Crippen LogP contribution in [0.3, 0.4) is 0 Å². The molecule has 102 valence electrons. The molecule has 0 N–H and O–H groups in total. The van der Waals surface area contributed by atoms with Gasteiger partial charge in [0.2, 0.25) is 0 Å². The van der Waals surface area contributed by atoms with Gasteiger partial charge in [-0.05, 0) is 43.5 Å². The van der Waals surface area contributed by atoms with Crippen LogP contribution in [0.1, 0.15) is 16.7 Å². The second-order valence-electron chi connectivity index (χ2n) is 5.39. The molecule has 1 heterocycles. The molecule has 2 nitrogen and oxygen atoms in total. The molecule has 0 radical (unpaired) electrons. The molecule has 0 saturated carbocycles. The van der Waals surface area contributed by atoms with Crippen molar-refractivity contribution >= 4 is 22.5 Å². The van der Waals surface area contributed by atoms with Crippen LogP contribution in [0.5, 0.6) is 0 Å². The van der Waals surface area contributed by atoms with Crippen LogP contribution in [0.2, 0.25) is 5.15 Å². The van der Waals surface area contributed by atoms with E-state index in [1.54, 1.807) is 4.68 Å². The Labute approximate surface area is 124 Å². The predicted molar refractivity (Wildman–Crippen MR) is 85.4 cm³/mol. The molecule has 3 rings (SSSR count). The molecule has 0 saturated heterocycles. The first-order chi connectivity index (χ1) is 9.49. The van der Waals surface area contributed by atoms with E-state index in [1.807, 2.05) is 19.2 Å². The third-order valence-corrected chi connectivity index (χ3v) is 4.19. The van der Waals surface area contributed by atoms with Gasteiger partial charge in [-0.25, -0.2) is 0 Å². The molecule has 0 amide bonds. The number of nitrogens with zero attached hydrogens (tertiary/aromatic N) is 2. The third-order valence-electron chi connectivity index (χ3n) is 3.74. The lowest BCUT2D eigenvalue weighted by Gasteiger charge is -2.12. The standard InChI is InChI=1S/C17H17ClN2/c1-10-8-11(2)15(12(3)9-10)13-6-5-7-14-16(13)19-20(4)17(14)18/h5-9H,1-4H3. The lowest BCUT2D eigenvalue weighted by atomic mass is 9.93. The number of fused-ring (bicyclic) bond motifs is 1. The van der Waals surface area contributed by atoms with E-state index in [0.717, 1.165) is 16.5 Å². The van der Waals surface area contributed by atoms with E-state index in [0.29, 0.717) is 5.15 Å². The summed E-state index contributed by atoms with van der Waals surface area (Å²) in [6.45, 7) is 6.43. The first-order valence-corrected chi connectivity index (χ1v) is 7.06. The molecule has 0 fully saturated rings. The van der Waals surface area contributed by atoms with E-state index in [1.165, 1.54) is 22.3 Å². The molecule has 0 aliphatic carbocycles. The summed E-state index contributed by atoms with van der Waals surface area (Å²) in [7, 11) is 1.88. The van der Waals surface area contributed by atoms with Gasteiger partial charge < -0.3 is 0 Å². The summed E-state index contributed by atoms with van der Waals surface area (Å²) < 4.78 is 1.73. The Morgan fingerprint density at radius 1 is 1.05 bits per heavy atom. The van der Waals surface area contributed by atoms with Crippen LogP contribution in [-0.2, 0) is 7.05 Å². The smallest absolute Gasteiger partial charge is 0.134 e. The van der Waals surface area contributed by atoms with E-state index in [-0.39, 0.29) is 0 Å². The predicted octanol–water partition coefficient (Wildman–Crippen LogP) is 4.82. The van der Waals surface area contributed by atoms with Gasteiger partial charge in [-0.2, -0.15) is 5.10 Å². The van der Waals surface area contributed by atoms with Crippen molar-refractivity contribution in [3.63, 3.8) is 0 Å². The number of rotatable bonds is 1. The zero-order chi connectivity index (χ0) is 14.4. The van der Waals surface area contributed by atoms with Crippen molar-refractivity contribution in [1.82, 2.24) is 9.78 Å². The van der Waals surface area contributed by atoms with Crippen LogP contribution >= 0.6 is 11.6 Å². The minimum atomic E-state index is 0.685. The highest BCUT2D eigenvalue weighted by atomic mass is 35.5. The van der Waals surface area contributed by atoms with Gasteiger partial charge in [0.1, 0.15) is 10.7 Å². The maximum Gasteiger partial charge on any atom is 0.134 e. The maximum absolute atomic E-state index is 6.31. The Morgan fingerprint density at radius 2 is 1.70 bits per heavy atom. The van der Waals surface area contributed by atoms with Crippen molar-refractivity contribution in [2.45, 2.75) is 20.8 Å². The fraction of sp³-hybridized carbons (Fsp3) is 0.235. The van der Waals surface area contributed by atoms with Gasteiger partial charge in [-0.3, -0.25) is 4.68 Å². The largest absolute Gasteiger partial charge is 0.256 e. The van der Waals surface area contributed by atoms with Crippen LogP contribution < -0.4 is 0 Å². The number of aromatic nitrogens is 2. The summed E-state index contributed by atoms with van der Waals surface area (Å²) >= 11 is 6.31. The Morgan fingerprint density at radius 3 is 2.35 bits per heavy atom. The normalized spacial score (nSPS) is 11.2. The minimum Gasteiger partial charge on any atom is -0.256 e. The van der Waals surface area contributed by atoms with Crippen LogP contribution in [0, 0.1) is 20.8 Å². The summed E-state index contributed by atoms with van der Waals surface area (Å²) in [5.41, 5.74) is 7.22. The number of halogens is 1. The van der Waals surface area contributed by atoms with Crippen molar-refractivity contribution in [3.8, 4) is 11.1 Å². The van der Waals surface area contributed by atoms with Crippen molar-refractivity contribution < 1.29 is 0 Å². The van der Waals surface area contributed by atoms with Crippen LogP contribution in [-0.4, -0.2) is 9.78 Å². The maximum atomic E-state index is 6.31. The number of benzene rings is 2. The van der Waals surface area contributed by atoms with Crippen molar-refractivity contribution in [2.24, 2.45) is 7.05 Å². The average Bonchev–Trinajstić information content (AvgIpc) is 2.66. The second-order valence-corrected chi connectivity index (χ2v) is 5.75. The molecule has 0 aliphatic heterocycles. The Balaban J connectivity index is 2.39. The Kier molecular flexibility index (Phi) is 3.06. The SMILES string of the molecule is Cc1cc(C)c(-c2cccc3c(Cl)n(C)nc23)c(C)c1. The van der Waals surface area contributed by atoms with Crippen LogP contribution in [0.4, 0.5) is 0 Å². The molecule has 0 spiro atoms. The molecular formula is C17H17ClN2. The highest BCUT2D eigenvalue weighted by molar-refractivity contribution is 6.34. The van der Waals surface area contributed by atoms with Gasteiger partial charge in [0.25, 0.3) is 0 Å². The minimum absolute atomic E-state index is 0.685. The Bertz CT molecular complexity index is 792. The van der Waals surface area contributed by atoms with E-state index >= 15 is 0 Å². The van der Waals surface area contributed by atoms with Crippen LogP contribution in [0.25, 0.3) is 22.0 Å². The van der Waals surface area contributed by atoms with E-state index in [4.69, 9.17) is 11.6 Å². The fourth-order valence-electron chi connectivity index (χ4n) is 2.99. The number of hydrogen-bond acceptors (Lipinski definition) is 1. The summed E-state index contributed by atoms with van der Waals surface area (Å²) in [6.07, 6.45) is 0. The number of hydrogen-bond donors (Lipinski definition) is 0. The van der Waals surface area contributed by atoms with Gasteiger partial charge in [0, 0.05) is 18.0 Å². The number of aryl methyl sites for hydroxylation is 4. The first kappa shape index (κ1) is 13.2. The quantitative estimate of drug-likeness (QED) is 0.626. The summed E-state index contributed by atoms with van der Waals surface area (Å²) in [4.78, 5) is 0. The van der Waals surface area contributed by atoms with Gasteiger partial charge in [-0.1, -0.05) is 41.4 Å². The summed E-state index contributed by atoms with van der Waals surface area (Å²) in [5, 5.41) is 6.27. The van der Waals surface area contributed by atoms with E-state index in [9.17, 15) is 0 Å². The second kappa shape index (κ2) is 4.64. The third kappa shape index (κ3) is 1.92. The molecule has 0 aliphatic rings. The topological polar surface area (TPSA) is 17.8 Å². The molecule has 0 atom stereocenters. The van der Waals surface area contributed by atoms with Crippen molar-refractivity contribution in [3.05, 3.63) is 52.2 Å². The molecular weight excluding hydrogens is 268 g/mol. The molecule has 1 aromatic heterocycles. The van der Waals surface area contributed by atoms with Gasteiger partial charge in [0.15, 0.2) is 0 Å². The summed E-state index contributed by atoms with van der Waals surface area (Å²) in [6, 6.07) is 10.6. The van der Waals surface area contributed by atoms with E-state index in [2.05, 4.69) is 44.1 Å². The van der Waals surface area contributed by atoms with Crippen LogP contribution in [0.15, 0.2) is 30.3 Å². The van der Waals surface area contributed by atoms with Crippen molar-refractivity contribution in [2.75, 3.05) is 0 Å². The molecule has 20 heavy (non-hydrogen) atoms. The molecule has 2 aromatic carbocycles. The highest BCUT2D eigenvalue weighted by Gasteiger charge is 2.14. The Hall–Kier alpha value is -1.80. The summed E-state index contributed by atoms with van der Waals surface area (Å²) in [5.74, 6) is 0. The zero-order valence-electron chi connectivity index (χ0n) is 12.2. The highest BCUT2D eigenvalue weighted by Crippen LogP contribution is 2.35. The van der Waals surface area contributed by atoms with Gasteiger partial charge in [-0.15, -0.1) is 0 Å². The van der Waals surface area contributed by atoms with Crippen molar-refractivity contribution in [1.29, 1.82) is 0 Å². The van der Waals surface area contributed by atoms with Gasteiger partial charge >= 0.3 is 0 Å². The van der Waals surface area contributed by atoms with Gasteiger partial charge in [0.05, 0.1) is 0 Å². The first-order valence-electron chi connectivity index (χ1n) is 6.68. The fourth-order valence-corrected chi connectivity index (χ4v) is 3.18. The molecule has 0 bridgehead atoms. The zero-order valence-corrected chi connectivity index (χ0v) is 12.9.